The van der Waals surface area contributed by atoms with Gasteiger partial charge in [-0.25, -0.2) is 4.98 Å². The second kappa shape index (κ2) is 6.32. The van der Waals surface area contributed by atoms with Crippen LogP contribution in [0.4, 0.5) is 0 Å². The zero-order chi connectivity index (χ0) is 15.5. The molecule has 0 aliphatic carbocycles. The van der Waals surface area contributed by atoms with E-state index in [9.17, 15) is 9.90 Å². The summed E-state index contributed by atoms with van der Waals surface area (Å²) in [5.41, 5.74) is 2.08. The standard InChI is InChI=1S/C17H21N3O2/c1-12-7-8-14(17(21)22)10-20(12)11-15-9-18-16(19-15)13-5-3-2-4-6-13/h2-6,9,12,14H,7-8,10-11H2,1H3,(H,18,19)(H,21,22). The lowest BCUT2D eigenvalue weighted by molar-refractivity contribution is -0.144. The first-order valence-corrected chi connectivity index (χ1v) is 7.69. The van der Waals surface area contributed by atoms with Gasteiger partial charge in [-0.1, -0.05) is 30.3 Å². The number of imidazole rings is 1. The van der Waals surface area contributed by atoms with Crippen LogP contribution in [0.15, 0.2) is 36.5 Å². The number of rotatable bonds is 4. The van der Waals surface area contributed by atoms with Gasteiger partial charge in [0.2, 0.25) is 0 Å². The first-order chi connectivity index (χ1) is 10.6. The summed E-state index contributed by atoms with van der Waals surface area (Å²) in [5, 5.41) is 9.21. The van der Waals surface area contributed by atoms with Crippen LogP contribution in [0.5, 0.6) is 0 Å². The molecule has 0 spiro atoms. The summed E-state index contributed by atoms with van der Waals surface area (Å²) in [6.07, 6.45) is 3.54. The van der Waals surface area contributed by atoms with Crippen LogP contribution in [0.2, 0.25) is 0 Å². The van der Waals surface area contributed by atoms with Crippen LogP contribution in [0.25, 0.3) is 11.4 Å². The Balaban J connectivity index is 1.70. The highest BCUT2D eigenvalue weighted by molar-refractivity contribution is 5.70. The molecule has 1 fully saturated rings. The Morgan fingerprint density at radius 1 is 1.36 bits per heavy atom. The average molecular weight is 299 g/mol. The van der Waals surface area contributed by atoms with Crippen molar-refractivity contribution in [3.8, 4) is 11.4 Å². The van der Waals surface area contributed by atoms with Crippen molar-refractivity contribution in [1.82, 2.24) is 14.9 Å². The molecule has 1 aromatic heterocycles. The minimum absolute atomic E-state index is 0.257. The largest absolute Gasteiger partial charge is 0.481 e. The fourth-order valence-electron chi connectivity index (χ4n) is 3.00. The number of carbonyl (C=O) groups is 1. The van der Waals surface area contributed by atoms with Crippen molar-refractivity contribution in [3.05, 3.63) is 42.2 Å². The molecule has 1 aromatic carbocycles. The number of carboxylic acids is 1. The summed E-state index contributed by atoms with van der Waals surface area (Å²) in [7, 11) is 0. The van der Waals surface area contributed by atoms with Crippen LogP contribution < -0.4 is 0 Å². The molecule has 5 nitrogen and oxygen atoms in total. The van der Waals surface area contributed by atoms with Gasteiger partial charge >= 0.3 is 5.97 Å². The van der Waals surface area contributed by atoms with Crippen molar-refractivity contribution in [2.24, 2.45) is 5.92 Å². The molecule has 2 unspecified atom stereocenters. The van der Waals surface area contributed by atoms with E-state index in [0.29, 0.717) is 19.1 Å². The fraction of sp³-hybridized carbons (Fsp3) is 0.412. The SMILES string of the molecule is CC1CCC(C(=O)O)CN1Cc1cnc(-c2ccccc2)[nH]1. The smallest absolute Gasteiger partial charge is 0.307 e. The number of aromatic amines is 1. The predicted octanol–water partition coefficient (Wildman–Crippen LogP) is 2.76. The van der Waals surface area contributed by atoms with Gasteiger partial charge in [-0.3, -0.25) is 9.69 Å². The molecule has 0 saturated carbocycles. The van der Waals surface area contributed by atoms with Gasteiger partial charge in [-0.15, -0.1) is 0 Å². The Morgan fingerprint density at radius 3 is 2.86 bits per heavy atom. The van der Waals surface area contributed by atoms with E-state index in [4.69, 9.17) is 0 Å². The zero-order valence-corrected chi connectivity index (χ0v) is 12.7. The van der Waals surface area contributed by atoms with Crippen LogP contribution in [0, 0.1) is 5.92 Å². The first-order valence-electron chi connectivity index (χ1n) is 7.69. The van der Waals surface area contributed by atoms with Gasteiger partial charge in [0.05, 0.1) is 5.92 Å². The summed E-state index contributed by atoms with van der Waals surface area (Å²) >= 11 is 0. The molecule has 0 bridgehead atoms. The average Bonchev–Trinajstić information content (AvgIpc) is 2.99. The van der Waals surface area contributed by atoms with E-state index in [1.54, 1.807) is 0 Å². The molecule has 1 aliphatic heterocycles. The first kappa shape index (κ1) is 14.8. The monoisotopic (exact) mass is 299 g/mol. The fourth-order valence-corrected chi connectivity index (χ4v) is 3.00. The van der Waals surface area contributed by atoms with Crippen molar-refractivity contribution in [2.75, 3.05) is 6.54 Å². The van der Waals surface area contributed by atoms with Crippen molar-refractivity contribution in [3.63, 3.8) is 0 Å². The van der Waals surface area contributed by atoms with Gasteiger partial charge in [0.1, 0.15) is 5.82 Å². The van der Waals surface area contributed by atoms with Gasteiger partial charge in [0, 0.05) is 36.6 Å². The van der Waals surface area contributed by atoms with E-state index in [1.807, 2.05) is 36.5 Å². The zero-order valence-electron chi connectivity index (χ0n) is 12.7. The third-order valence-corrected chi connectivity index (χ3v) is 4.41. The number of aliphatic carboxylic acids is 1. The molecule has 1 saturated heterocycles. The Labute approximate surface area is 130 Å². The Bertz CT molecular complexity index is 638. The molecule has 0 radical (unpaired) electrons. The number of H-pyrrole nitrogens is 1. The van der Waals surface area contributed by atoms with E-state index in [1.165, 1.54) is 0 Å². The second-order valence-corrected chi connectivity index (χ2v) is 6.01. The van der Waals surface area contributed by atoms with Crippen LogP contribution >= 0.6 is 0 Å². The molecule has 2 heterocycles. The number of likely N-dealkylation sites (tertiary alicyclic amines) is 1. The number of benzene rings is 1. The molecule has 22 heavy (non-hydrogen) atoms. The lowest BCUT2D eigenvalue weighted by Crippen LogP contribution is -2.43. The molecular weight excluding hydrogens is 278 g/mol. The molecule has 5 heteroatoms. The van der Waals surface area contributed by atoms with Gasteiger partial charge in [0.25, 0.3) is 0 Å². The van der Waals surface area contributed by atoms with E-state index in [2.05, 4.69) is 21.8 Å². The lowest BCUT2D eigenvalue weighted by atomic mass is 9.93. The maximum Gasteiger partial charge on any atom is 0.307 e. The summed E-state index contributed by atoms with van der Waals surface area (Å²) in [4.78, 5) is 21.2. The third kappa shape index (κ3) is 3.20. The summed E-state index contributed by atoms with van der Waals surface area (Å²) in [6, 6.07) is 10.4. The van der Waals surface area contributed by atoms with E-state index in [-0.39, 0.29) is 5.92 Å². The number of nitrogens with zero attached hydrogens (tertiary/aromatic N) is 2. The van der Waals surface area contributed by atoms with Crippen LogP contribution in [0.3, 0.4) is 0 Å². The highest BCUT2D eigenvalue weighted by Gasteiger charge is 2.29. The molecule has 2 N–H and O–H groups in total. The lowest BCUT2D eigenvalue weighted by Gasteiger charge is -2.36. The summed E-state index contributed by atoms with van der Waals surface area (Å²) in [5.74, 6) is -0.0887. The van der Waals surface area contributed by atoms with Crippen LogP contribution in [0.1, 0.15) is 25.5 Å². The maximum absolute atomic E-state index is 11.2. The summed E-state index contributed by atoms with van der Waals surface area (Å²) < 4.78 is 0. The third-order valence-electron chi connectivity index (χ3n) is 4.41. The van der Waals surface area contributed by atoms with Crippen molar-refractivity contribution in [1.29, 1.82) is 0 Å². The van der Waals surface area contributed by atoms with E-state index >= 15 is 0 Å². The Kier molecular flexibility index (Phi) is 4.24. The molecule has 1 aliphatic rings. The molecular formula is C17H21N3O2. The van der Waals surface area contributed by atoms with Crippen LogP contribution in [-0.2, 0) is 11.3 Å². The maximum atomic E-state index is 11.2. The molecule has 2 aromatic rings. The predicted molar refractivity (Wildman–Crippen MR) is 84.3 cm³/mol. The number of nitrogens with one attached hydrogen (secondary N) is 1. The Hall–Kier alpha value is -2.14. The van der Waals surface area contributed by atoms with E-state index < -0.39 is 5.97 Å². The van der Waals surface area contributed by atoms with Crippen molar-refractivity contribution < 1.29 is 9.90 Å². The normalized spacial score (nSPS) is 22.6. The number of carboxylic acid groups (broad SMARTS) is 1. The topological polar surface area (TPSA) is 69.2 Å². The second-order valence-electron chi connectivity index (χ2n) is 6.01. The molecule has 2 atom stereocenters. The molecule has 3 rings (SSSR count). The van der Waals surface area contributed by atoms with Gasteiger partial charge in [-0.05, 0) is 19.8 Å². The van der Waals surface area contributed by atoms with Gasteiger partial charge in [-0.2, -0.15) is 0 Å². The minimum atomic E-state index is -0.688. The van der Waals surface area contributed by atoms with Crippen LogP contribution in [-0.4, -0.2) is 38.5 Å². The van der Waals surface area contributed by atoms with Crippen molar-refractivity contribution in [2.45, 2.75) is 32.4 Å². The number of aromatic nitrogens is 2. The molecule has 0 amide bonds. The summed E-state index contributed by atoms with van der Waals surface area (Å²) in [6.45, 7) is 3.48. The van der Waals surface area contributed by atoms with Gasteiger partial charge < -0.3 is 10.1 Å². The Morgan fingerprint density at radius 2 is 2.14 bits per heavy atom. The minimum Gasteiger partial charge on any atom is -0.481 e. The number of hydrogen-bond acceptors (Lipinski definition) is 3. The number of hydrogen-bond donors (Lipinski definition) is 2. The van der Waals surface area contributed by atoms with Gasteiger partial charge in [0.15, 0.2) is 0 Å². The number of piperidine rings is 1. The highest BCUT2D eigenvalue weighted by Crippen LogP contribution is 2.24. The molecule has 116 valence electrons. The van der Waals surface area contributed by atoms with Crippen molar-refractivity contribution >= 4 is 5.97 Å². The quantitative estimate of drug-likeness (QED) is 0.911. The highest BCUT2D eigenvalue weighted by atomic mass is 16.4. The van der Waals surface area contributed by atoms with E-state index in [0.717, 1.165) is 29.9 Å².